The molecule has 0 saturated carbocycles. The average molecular weight is 455 g/mol. The minimum absolute atomic E-state index is 0.124. The second kappa shape index (κ2) is 7.84. The fraction of sp³-hybridized carbons (Fsp3) is 0.105. The lowest BCUT2D eigenvalue weighted by Gasteiger charge is -2.10. The first-order valence-electron chi connectivity index (χ1n) is 8.71. The summed E-state index contributed by atoms with van der Waals surface area (Å²) in [6.07, 6.45) is 4.65. The summed E-state index contributed by atoms with van der Waals surface area (Å²) in [6, 6.07) is 10.8. The average Bonchev–Trinajstić information content (AvgIpc) is 3.30. The van der Waals surface area contributed by atoms with Crippen LogP contribution in [0, 0.1) is 0 Å². The van der Waals surface area contributed by atoms with E-state index in [9.17, 15) is 9.59 Å². The van der Waals surface area contributed by atoms with Crippen LogP contribution in [0.25, 0.3) is 11.3 Å². The maximum absolute atomic E-state index is 13.0. The topological polar surface area (TPSA) is 103 Å². The summed E-state index contributed by atoms with van der Waals surface area (Å²) in [5.41, 5.74) is 1.44. The first-order valence-corrected chi connectivity index (χ1v) is 9.50. The van der Waals surface area contributed by atoms with Gasteiger partial charge in [-0.25, -0.2) is 19.0 Å². The van der Waals surface area contributed by atoms with Gasteiger partial charge >= 0.3 is 5.97 Å². The molecule has 0 bridgehead atoms. The van der Waals surface area contributed by atoms with Gasteiger partial charge in [0.25, 0.3) is 5.91 Å². The van der Waals surface area contributed by atoms with Gasteiger partial charge in [-0.15, -0.1) is 0 Å². The molecule has 0 aliphatic carbocycles. The van der Waals surface area contributed by atoms with Crippen LogP contribution in [-0.4, -0.2) is 42.9 Å². The lowest BCUT2D eigenvalue weighted by molar-refractivity contribution is 0.0527. The number of hydrogen-bond donors (Lipinski definition) is 1. The predicted octanol–water partition coefficient (Wildman–Crippen LogP) is 3.11. The second-order valence-corrected chi connectivity index (χ2v) is 6.67. The van der Waals surface area contributed by atoms with Gasteiger partial charge in [0.2, 0.25) is 0 Å². The van der Waals surface area contributed by atoms with Crippen molar-refractivity contribution in [1.82, 2.24) is 24.4 Å². The first kappa shape index (κ1) is 18.8. The van der Waals surface area contributed by atoms with Crippen molar-refractivity contribution in [3.8, 4) is 5.69 Å². The van der Waals surface area contributed by atoms with Gasteiger partial charge in [-0.05, 0) is 41.1 Å². The first-order chi connectivity index (χ1) is 14.1. The van der Waals surface area contributed by atoms with Crippen LogP contribution in [0.1, 0.15) is 27.8 Å². The maximum atomic E-state index is 13.0. The van der Waals surface area contributed by atoms with Crippen molar-refractivity contribution in [1.29, 1.82) is 0 Å². The number of hydrogen-bond acceptors (Lipinski definition) is 6. The molecule has 4 rings (SSSR count). The number of amides is 1. The Balaban J connectivity index is 1.76. The standard InChI is InChI=1S/C19H15BrN6O3/c1-2-29-19(28)13-11-22-26(12-7-4-3-5-8-12)16(13)23-18(27)15-14(20)17-21-9-6-10-25(17)24-15/h3-11H,2H2,1H3,(H,23,27). The van der Waals surface area contributed by atoms with Gasteiger partial charge in [-0.2, -0.15) is 10.2 Å². The van der Waals surface area contributed by atoms with Crippen LogP contribution in [0.2, 0.25) is 0 Å². The number of nitrogens with zero attached hydrogens (tertiary/aromatic N) is 5. The van der Waals surface area contributed by atoms with Crippen LogP contribution in [0.3, 0.4) is 0 Å². The van der Waals surface area contributed by atoms with E-state index >= 15 is 0 Å². The van der Waals surface area contributed by atoms with Crippen molar-refractivity contribution in [3.05, 3.63) is 70.7 Å². The molecule has 0 unspecified atom stereocenters. The third-order valence-electron chi connectivity index (χ3n) is 4.05. The molecule has 1 aromatic carbocycles. The van der Waals surface area contributed by atoms with E-state index in [1.807, 2.05) is 30.3 Å². The van der Waals surface area contributed by atoms with E-state index in [0.717, 1.165) is 0 Å². The van der Waals surface area contributed by atoms with E-state index in [1.54, 1.807) is 25.4 Å². The highest BCUT2D eigenvalue weighted by molar-refractivity contribution is 9.10. The Kier molecular flexibility index (Phi) is 5.09. The number of aromatic nitrogens is 5. The number of esters is 1. The Morgan fingerprint density at radius 2 is 2.00 bits per heavy atom. The van der Waals surface area contributed by atoms with Crippen molar-refractivity contribution in [2.24, 2.45) is 0 Å². The molecule has 0 atom stereocenters. The number of carbonyl (C=O) groups excluding carboxylic acids is 2. The summed E-state index contributed by atoms with van der Waals surface area (Å²) in [5, 5.41) is 11.3. The van der Waals surface area contributed by atoms with Gasteiger partial charge in [0.15, 0.2) is 17.2 Å². The van der Waals surface area contributed by atoms with Gasteiger partial charge in [0, 0.05) is 12.4 Å². The zero-order valence-electron chi connectivity index (χ0n) is 15.2. The molecule has 0 fully saturated rings. The SMILES string of the molecule is CCOC(=O)c1cnn(-c2ccccc2)c1NC(=O)c1nn2cccnc2c1Br. The van der Waals surface area contributed by atoms with E-state index in [-0.39, 0.29) is 23.7 Å². The van der Waals surface area contributed by atoms with E-state index in [1.165, 1.54) is 15.4 Å². The van der Waals surface area contributed by atoms with E-state index in [4.69, 9.17) is 4.74 Å². The number of para-hydroxylation sites is 1. The molecule has 1 amide bonds. The molecule has 146 valence electrons. The Bertz CT molecular complexity index is 1200. The molecule has 0 spiro atoms. The van der Waals surface area contributed by atoms with Crippen LogP contribution < -0.4 is 5.32 Å². The van der Waals surface area contributed by atoms with Crippen LogP contribution in [-0.2, 0) is 4.74 Å². The fourth-order valence-electron chi connectivity index (χ4n) is 2.76. The molecule has 29 heavy (non-hydrogen) atoms. The highest BCUT2D eigenvalue weighted by Gasteiger charge is 2.25. The molecule has 0 saturated heterocycles. The summed E-state index contributed by atoms with van der Waals surface area (Å²) in [4.78, 5) is 29.5. The van der Waals surface area contributed by atoms with Crippen molar-refractivity contribution >= 4 is 39.3 Å². The van der Waals surface area contributed by atoms with Crippen LogP contribution >= 0.6 is 15.9 Å². The molecule has 10 heteroatoms. The van der Waals surface area contributed by atoms with Crippen molar-refractivity contribution in [2.75, 3.05) is 11.9 Å². The molecular formula is C19H15BrN6O3. The molecule has 4 aromatic rings. The Hall–Kier alpha value is -3.53. The van der Waals surface area contributed by atoms with Gasteiger partial charge < -0.3 is 10.1 Å². The Labute approximate surface area is 173 Å². The van der Waals surface area contributed by atoms with Crippen LogP contribution in [0.4, 0.5) is 5.82 Å². The maximum Gasteiger partial charge on any atom is 0.343 e. The van der Waals surface area contributed by atoms with Crippen LogP contribution in [0.5, 0.6) is 0 Å². The number of ether oxygens (including phenoxy) is 1. The summed E-state index contributed by atoms with van der Waals surface area (Å²) < 4.78 is 8.49. The van der Waals surface area contributed by atoms with Gasteiger partial charge in [0.1, 0.15) is 5.56 Å². The molecule has 0 aliphatic rings. The van der Waals surface area contributed by atoms with Crippen LogP contribution in [0.15, 0.2) is 59.5 Å². The summed E-state index contributed by atoms with van der Waals surface area (Å²) in [7, 11) is 0. The lowest BCUT2D eigenvalue weighted by Crippen LogP contribution is -2.19. The summed E-state index contributed by atoms with van der Waals surface area (Å²) in [6.45, 7) is 1.91. The molecule has 3 heterocycles. The second-order valence-electron chi connectivity index (χ2n) is 5.88. The third-order valence-corrected chi connectivity index (χ3v) is 4.78. The molecular weight excluding hydrogens is 440 g/mol. The normalized spacial score (nSPS) is 10.8. The zero-order valence-corrected chi connectivity index (χ0v) is 16.8. The number of halogens is 1. The van der Waals surface area contributed by atoms with Crippen molar-refractivity contribution in [3.63, 3.8) is 0 Å². The minimum atomic E-state index is -0.583. The summed E-state index contributed by atoms with van der Waals surface area (Å²) >= 11 is 3.37. The predicted molar refractivity (Wildman–Crippen MR) is 108 cm³/mol. The number of rotatable bonds is 5. The number of benzene rings is 1. The Morgan fingerprint density at radius 3 is 2.72 bits per heavy atom. The third kappa shape index (κ3) is 3.49. The van der Waals surface area contributed by atoms with E-state index in [2.05, 4.69) is 36.4 Å². The van der Waals surface area contributed by atoms with Gasteiger partial charge in [-0.1, -0.05) is 18.2 Å². The number of anilines is 1. The zero-order chi connectivity index (χ0) is 20.4. The molecule has 1 N–H and O–H groups in total. The largest absolute Gasteiger partial charge is 0.462 e. The molecule has 3 aromatic heterocycles. The van der Waals surface area contributed by atoms with Crippen molar-refractivity contribution in [2.45, 2.75) is 6.92 Å². The molecule has 9 nitrogen and oxygen atoms in total. The quantitative estimate of drug-likeness (QED) is 0.464. The summed E-state index contributed by atoms with van der Waals surface area (Å²) in [5.74, 6) is -0.914. The monoisotopic (exact) mass is 454 g/mol. The lowest BCUT2D eigenvalue weighted by atomic mass is 10.3. The molecule has 0 radical (unpaired) electrons. The number of nitrogens with one attached hydrogen (secondary N) is 1. The highest BCUT2D eigenvalue weighted by Crippen LogP contribution is 2.25. The van der Waals surface area contributed by atoms with Gasteiger partial charge in [-0.3, -0.25) is 4.79 Å². The molecule has 0 aliphatic heterocycles. The number of fused-ring (bicyclic) bond motifs is 1. The number of carbonyl (C=O) groups is 2. The van der Waals surface area contributed by atoms with Gasteiger partial charge in [0.05, 0.1) is 23.0 Å². The Morgan fingerprint density at radius 1 is 1.21 bits per heavy atom. The smallest absolute Gasteiger partial charge is 0.343 e. The van der Waals surface area contributed by atoms with Crippen molar-refractivity contribution < 1.29 is 14.3 Å². The highest BCUT2D eigenvalue weighted by atomic mass is 79.9. The van der Waals surface area contributed by atoms with E-state index in [0.29, 0.717) is 15.8 Å². The van der Waals surface area contributed by atoms with E-state index < -0.39 is 11.9 Å². The minimum Gasteiger partial charge on any atom is -0.462 e. The fourth-order valence-corrected chi connectivity index (χ4v) is 3.31.